The van der Waals surface area contributed by atoms with E-state index in [0.717, 1.165) is 11.1 Å². The third kappa shape index (κ3) is 6.58. The van der Waals surface area contributed by atoms with Gasteiger partial charge in [0.2, 0.25) is 0 Å². The molecule has 1 amide bonds. The highest BCUT2D eigenvalue weighted by Crippen LogP contribution is 2.23. The molecular formula is C25H26N2O6S. The smallest absolute Gasteiger partial charge is 0.340 e. The Morgan fingerprint density at radius 3 is 2.21 bits per heavy atom. The minimum absolute atomic E-state index is 0.00643. The van der Waals surface area contributed by atoms with Crippen LogP contribution in [0, 0.1) is 13.8 Å². The SMILES string of the molecule is CCOc1ccc(S(=O)(=O)Nc2ccccc2C(=O)OCC(=O)Nc2cc(C)cc(C)c2)cc1. The monoisotopic (exact) mass is 482 g/mol. The van der Waals surface area contributed by atoms with Crippen LogP contribution < -0.4 is 14.8 Å². The van der Waals surface area contributed by atoms with E-state index in [9.17, 15) is 18.0 Å². The number of ether oxygens (including phenoxy) is 2. The van der Waals surface area contributed by atoms with Gasteiger partial charge in [0.25, 0.3) is 15.9 Å². The number of sulfonamides is 1. The van der Waals surface area contributed by atoms with Gasteiger partial charge in [-0.2, -0.15) is 0 Å². The second-order valence-corrected chi connectivity index (χ2v) is 9.24. The van der Waals surface area contributed by atoms with Crippen molar-refractivity contribution in [1.82, 2.24) is 0 Å². The van der Waals surface area contributed by atoms with Gasteiger partial charge in [-0.3, -0.25) is 9.52 Å². The number of aryl methyl sites for hydroxylation is 2. The number of esters is 1. The van der Waals surface area contributed by atoms with Gasteiger partial charge in [0, 0.05) is 5.69 Å². The lowest BCUT2D eigenvalue weighted by Crippen LogP contribution is -2.22. The average molecular weight is 483 g/mol. The van der Waals surface area contributed by atoms with Gasteiger partial charge in [0.05, 0.1) is 22.8 Å². The van der Waals surface area contributed by atoms with Crippen LogP contribution >= 0.6 is 0 Å². The standard InChI is InChI=1S/C25H26N2O6S/c1-4-32-20-9-11-21(12-10-20)34(30,31)27-23-8-6-5-7-22(23)25(29)33-16-24(28)26-19-14-17(2)13-18(3)15-19/h5-15,27H,4,16H2,1-3H3,(H,26,28). The van der Waals surface area contributed by atoms with Crippen LogP contribution in [-0.2, 0) is 19.6 Å². The van der Waals surface area contributed by atoms with Crippen LogP contribution in [0.2, 0.25) is 0 Å². The summed E-state index contributed by atoms with van der Waals surface area (Å²) in [4.78, 5) is 24.9. The lowest BCUT2D eigenvalue weighted by molar-refractivity contribution is -0.119. The maximum Gasteiger partial charge on any atom is 0.340 e. The Morgan fingerprint density at radius 2 is 1.56 bits per heavy atom. The highest BCUT2D eigenvalue weighted by molar-refractivity contribution is 7.92. The van der Waals surface area contributed by atoms with Gasteiger partial charge in [0.1, 0.15) is 5.75 Å². The number of rotatable bonds is 9. The van der Waals surface area contributed by atoms with Crippen LogP contribution in [0.5, 0.6) is 5.75 Å². The molecule has 0 saturated heterocycles. The van der Waals surface area contributed by atoms with E-state index >= 15 is 0 Å². The largest absolute Gasteiger partial charge is 0.494 e. The average Bonchev–Trinajstić information content (AvgIpc) is 2.77. The molecule has 8 nitrogen and oxygen atoms in total. The highest BCUT2D eigenvalue weighted by atomic mass is 32.2. The van der Waals surface area contributed by atoms with Gasteiger partial charge < -0.3 is 14.8 Å². The summed E-state index contributed by atoms with van der Waals surface area (Å²) in [5.74, 6) is -0.795. The van der Waals surface area contributed by atoms with Crippen molar-refractivity contribution in [3.05, 3.63) is 83.4 Å². The summed E-state index contributed by atoms with van der Waals surface area (Å²) in [6, 6.07) is 17.5. The van der Waals surface area contributed by atoms with Crippen molar-refractivity contribution in [2.45, 2.75) is 25.7 Å². The Hall–Kier alpha value is -3.85. The number of benzene rings is 3. The summed E-state index contributed by atoms with van der Waals surface area (Å²) in [6.45, 7) is 5.59. The molecule has 0 bridgehead atoms. The van der Waals surface area contributed by atoms with Crippen molar-refractivity contribution in [1.29, 1.82) is 0 Å². The normalized spacial score (nSPS) is 10.9. The van der Waals surface area contributed by atoms with Crippen molar-refractivity contribution in [3.8, 4) is 5.75 Å². The second-order valence-electron chi connectivity index (χ2n) is 7.56. The summed E-state index contributed by atoms with van der Waals surface area (Å²) in [7, 11) is -3.97. The van der Waals surface area contributed by atoms with Crippen LogP contribution in [0.25, 0.3) is 0 Å². The highest BCUT2D eigenvalue weighted by Gasteiger charge is 2.20. The van der Waals surface area contributed by atoms with Gasteiger partial charge in [-0.05, 0) is 80.4 Å². The predicted octanol–water partition coefficient (Wildman–Crippen LogP) is 4.30. The zero-order valence-electron chi connectivity index (χ0n) is 19.1. The minimum atomic E-state index is -3.97. The van der Waals surface area contributed by atoms with E-state index in [1.807, 2.05) is 26.8 Å². The summed E-state index contributed by atoms with van der Waals surface area (Å²) in [6.07, 6.45) is 0. The molecular weight excluding hydrogens is 456 g/mol. The first-order valence-electron chi connectivity index (χ1n) is 10.6. The molecule has 2 N–H and O–H groups in total. The zero-order valence-corrected chi connectivity index (χ0v) is 19.9. The van der Waals surface area contributed by atoms with E-state index in [-0.39, 0.29) is 16.1 Å². The van der Waals surface area contributed by atoms with Crippen LogP contribution in [0.3, 0.4) is 0 Å². The summed E-state index contributed by atoms with van der Waals surface area (Å²) >= 11 is 0. The molecule has 178 valence electrons. The van der Waals surface area contributed by atoms with Crippen molar-refractivity contribution < 1.29 is 27.5 Å². The van der Waals surface area contributed by atoms with E-state index in [1.54, 1.807) is 36.4 Å². The van der Waals surface area contributed by atoms with Gasteiger partial charge >= 0.3 is 5.97 Å². The van der Waals surface area contributed by atoms with Crippen LogP contribution in [0.1, 0.15) is 28.4 Å². The molecule has 0 unspecified atom stereocenters. The van der Waals surface area contributed by atoms with Crippen LogP contribution in [0.15, 0.2) is 71.6 Å². The molecule has 0 heterocycles. The molecule has 0 aliphatic heterocycles. The fourth-order valence-electron chi connectivity index (χ4n) is 3.29. The molecule has 0 aliphatic carbocycles. The fourth-order valence-corrected chi connectivity index (χ4v) is 4.37. The number of para-hydroxylation sites is 1. The van der Waals surface area contributed by atoms with Crippen LogP contribution in [-0.4, -0.2) is 33.5 Å². The first kappa shape index (κ1) is 24.8. The van der Waals surface area contributed by atoms with E-state index < -0.39 is 28.5 Å². The molecule has 3 rings (SSSR count). The van der Waals surface area contributed by atoms with Gasteiger partial charge in [-0.25, -0.2) is 13.2 Å². The van der Waals surface area contributed by atoms with Gasteiger partial charge in [0.15, 0.2) is 6.61 Å². The molecule has 0 aromatic heterocycles. The Bertz CT molecular complexity index is 1270. The lowest BCUT2D eigenvalue weighted by Gasteiger charge is -2.13. The third-order valence-corrected chi connectivity index (χ3v) is 6.06. The predicted molar refractivity (Wildman–Crippen MR) is 130 cm³/mol. The minimum Gasteiger partial charge on any atom is -0.494 e. The van der Waals surface area contributed by atoms with Crippen molar-refractivity contribution in [3.63, 3.8) is 0 Å². The summed E-state index contributed by atoms with van der Waals surface area (Å²) in [5.41, 5.74) is 2.59. The maximum atomic E-state index is 12.8. The molecule has 0 radical (unpaired) electrons. The Balaban J connectivity index is 1.67. The molecule has 0 atom stereocenters. The van der Waals surface area contributed by atoms with E-state index in [4.69, 9.17) is 9.47 Å². The maximum absolute atomic E-state index is 12.8. The molecule has 3 aromatic carbocycles. The van der Waals surface area contributed by atoms with Crippen molar-refractivity contribution in [2.75, 3.05) is 23.3 Å². The summed E-state index contributed by atoms with van der Waals surface area (Å²) < 4.78 is 38.5. The first-order chi connectivity index (χ1) is 16.2. The number of nitrogens with one attached hydrogen (secondary N) is 2. The Morgan fingerprint density at radius 1 is 0.912 bits per heavy atom. The van der Waals surface area contributed by atoms with Crippen LogP contribution in [0.4, 0.5) is 11.4 Å². The first-order valence-corrected chi connectivity index (χ1v) is 12.1. The number of carbonyl (C=O) groups is 2. The number of carbonyl (C=O) groups excluding carboxylic acids is 2. The summed E-state index contributed by atoms with van der Waals surface area (Å²) in [5, 5.41) is 2.68. The van der Waals surface area contributed by atoms with Crippen molar-refractivity contribution >= 4 is 33.3 Å². The Kier molecular flexibility index (Phi) is 7.91. The van der Waals surface area contributed by atoms with Crippen molar-refractivity contribution in [2.24, 2.45) is 0 Å². The number of hydrogen-bond acceptors (Lipinski definition) is 6. The molecule has 0 fully saturated rings. The molecule has 0 spiro atoms. The Labute approximate surface area is 199 Å². The quantitative estimate of drug-likeness (QED) is 0.440. The number of anilines is 2. The second kappa shape index (κ2) is 10.8. The van der Waals surface area contributed by atoms with E-state index in [1.165, 1.54) is 24.3 Å². The molecule has 0 saturated carbocycles. The molecule has 3 aromatic rings. The lowest BCUT2D eigenvalue weighted by atomic mass is 10.1. The van der Waals surface area contributed by atoms with Gasteiger partial charge in [-0.1, -0.05) is 18.2 Å². The van der Waals surface area contributed by atoms with E-state index in [2.05, 4.69) is 10.0 Å². The molecule has 0 aliphatic rings. The van der Waals surface area contributed by atoms with E-state index in [0.29, 0.717) is 18.0 Å². The zero-order chi connectivity index (χ0) is 24.7. The van der Waals surface area contributed by atoms with Gasteiger partial charge in [-0.15, -0.1) is 0 Å². The third-order valence-electron chi connectivity index (χ3n) is 4.68. The molecule has 9 heteroatoms. The number of hydrogen-bond donors (Lipinski definition) is 2. The molecule has 34 heavy (non-hydrogen) atoms. The fraction of sp³-hybridized carbons (Fsp3) is 0.200. The topological polar surface area (TPSA) is 111 Å². The number of amides is 1.